The van der Waals surface area contributed by atoms with Crippen molar-refractivity contribution in [1.82, 2.24) is 14.3 Å². The van der Waals surface area contributed by atoms with Gasteiger partial charge in [0, 0.05) is 24.5 Å². The first kappa shape index (κ1) is 21.3. The summed E-state index contributed by atoms with van der Waals surface area (Å²) in [5.41, 5.74) is 10.5. The molecule has 0 bridgehead atoms. The fraction of sp³-hybridized carbons (Fsp3) is 0.188. The number of allylic oxidation sites excluding steroid dienone is 3. The van der Waals surface area contributed by atoms with Crippen LogP contribution in [0.1, 0.15) is 0 Å². The Bertz CT molecular complexity index is 1030. The van der Waals surface area contributed by atoms with E-state index in [1.54, 1.807) is 17.8 Å². The molecule has 0 aliphatic heterocycles. The summed E-state index contributed by atoms with van der Waals surface area (Å²) in [4.78, 5) is 4.17. The Morgan fingerprint density at radius 3 is 2.46 bits per heavy atom. The summed E-state index contributed by atoms with van der Waals surface area (Å²) in [6.45, 7) is 0. The van der Waals surface area contributed by atoms with Gasteiger partial charge in [-0.15, -0.1) is 0 Å². The van der Waals surface area contributed by atoms with Crippen LogP contribution in [0.25, 0.3) is 11.3 Å². The van der Waals surface area contributed by atoms with Crippen LogP contribution in [0, 0.1) is 0 Å². The van der Waals surface area contributed by atoms with E-state index in [2.05, 4.69) is 15.0 Å². The van der Waals surface area contributed by atoms with Gasteiger partial charge in [0.15, 0.2) is 0 Å². The highest BCUT2D eigenvalue weighted by Crippen LogP contribution is 2.30. The normalized spacial score (nSPS) is 13.6. The molecule has 0 atom stereocenters. The average Bonchev–Trinajstić information content (AvgIpc) is 3.05. The van der Waals surface area contributed by atoms with Crippen LogP contribution in [0.3, 0.4) is 0 Å². The number of alkyl halides is 3. The standard InChI is InChI=1S/C16H19F3N6O2S/c1-22-28(26,27)10-3-4-12(11(7-10)13-8-25(2)9-23-13)24-15(21)6-5-14(20)16(17,18)19/h3-9,22,24H,20-21H2,1-2H3/b14-5-,15-6+. The molecule has 8 nitrogen and oxygen atoms in total. The third-order valence-corrected chi connectivity index (χ3v) is 5.01. The Hall–Kier alpha value is -2.99. The minimum absolute atomic E-state index is 0.00929. The molecule has 1 heterocycles. The van der Waals surface area contributed by atoms with Gasteiger partial charge in [0.05, 0.1) is 16.9 Å². The van der Waals surface area contributed by atoms with Gasteiger partial charge in [0.25, 0.3) is 0 Å². The van der Waals surface area contributed by atoms with Gasteiger partial charge < -0.3 is 21.4 Å². The van der Waals surface area contributed by atoms with Crippen molar-refractivity contribution < 1.29 is 21.6 Å². The largest absolute Gasteiger partial charge is 0.430 e. The number of nitrogens with zero attached hydrogens (tertiary/aromatic N) is 2. The molecule has 2 rings (SSSR count). The van der Waals surface area contributed by atoms with Gasteiger partial charge in [0.1, 0.15) is 11.5 Å². The summed E-state index contributed by atoms with van der Waals surface area (Å²) in [5.74, 6) is -0.131. The number of anilines is 1. The topological polar surface area (TPSA) is 128 Å². The number of sulfonamides is 1. The monoisotopic (exact) mass is 416 g/mol. The van der Waals surface area contributed by atoms with Crippen molar-refractivity contribution in [3.63, 3.8) is 0 Å². The molecule has 0 saturated heterocycles. The molecule has 6 N–H and O–H groups in total. The minimum Gasteiger partial charge on any atom is -0.395 e. The van der Waals surface area contributed by atoms with Gasteiger partial charge in [-0.05, 0) is 37.4 Å². The van der Waals surface area contributed by atoms with Crippen molar-refractivity contribution in [2.75, 3.05) is 12.4 Å². The van der Waals surface area contributed by atoms with Crippen molar-refractivity contribution in [2.24, 2.45) is 18.5 Å². The Morgan fingerprint density at radius 1 is 1.25 bits per heavy atom. The Kier molecular flexibility index (Phi) is 6.04. The Balaban J connectivity index is 2.46. The number of rotatable bonds is 6. The molecule has 0 unspecified atom stereocenters. The molecule has 0 aliphatic carbocycles. The number of aromatic nitrogens is 2. The highest BCUT2D eigenvalue weighted by atomic mass is 32.2. The highest BCUT2D eigenvalue weighted by Gasteiger charge is 2.30. The zero-order valence-corrected chi connectivity index (χ0v) is 15.8. The highest BCUT2D eigenvalue weighted by molar-refractivity contribution is 7.89. The SMILES string of the molecule is CNS(=O)(=O)c1ccc(N/C(N)=C/C=C(\N)C(F)(F)F)c(-c2cn(C)cn2)c1. The second-order valence-corrected chi connectivity index (χ2v) is 7.59. The summed E-state index contributed by atoms with van der Waals surface area (Å²) in [5, 5.41) is 2.73. The van der Waals surface area contributed by atoms with Gasteiger partial charge in [-0.3, -0.25) is 0 Å². The quantitative estimate of drug-likeness (QED) is 0.530. The van der Waals surface area contributed by atoms with Gasteiger partial charge in [-0.1, -0.05) is 0 Å². The summed E-state index contributed by atoms with van der Waals surface area (Å²) in [6.07, 6.45) is 0.0903. The molecule has 12 heteroatoms. The van der Waals surface area contributed by atoms with E-state index >= 15 is 0 Å². The smallest absolute Gasteiger partial charge is 0.395 e. The molecule has 0 spiro atoms. The van der Waals surface area contributed by atoms with Gasteiger partial charge in [-0.2, -0.15) is 13.2 Å². The van der Waals surface area contributed by atoms with Crippen LogP contribution in [0.15, 0.2) is 59.3 Å². The molecule has 0 fully saturated rings. The minimum atomic E-state index is -4.67. The third-order valence-electron chi connectivity index (χ3n) is 3.60. The van der Waals surface area contributed by atoms with E-state index < -0.39 is 21.9 Å². The molecular formula is C16H19F3N6O2S. The molecule has 0 amide bonds. The van der Waals surface area contributed by atoms with Gasteiger partial charge >= 0.3 is 6.18 Å². The summed E-state index contributed by atoms with van der Waals surface area (Å²) >= 11 is 0. The maximum atomic E-state index is 12.4. The van der Waals surface area contributed by atoms with Crippen molar-refractivity contribution in [3.05, 3.63) is 54.4 Å². The first-order valence-corrected chi connectivity index (χ1v) is 9.25. The fourth-order valence-corrected chi connectivity index (χ4v) is 2.91. The van der Waals surface area contributed by atoms with Gasteiger partial charge in [0.2, 0.25) is 10.0 Å². The summed E-state index contributed by atoms with van der Waals surface area (Å²) < 4.78 is 65.4. The maximum absolute atomic E-state index is 12.4. The maximum Gasteiger partial charge on any atom is 0.430 e. The van der Waals surface area contributed by atoms with Crippen molar-refractivity contribution in [2.45, 2.75) is 11.1 Å². The number of nitrogens with one attached hydrogen (secondary N) is 2. The van der Waals surface area contributed by atoms with Crippen molar-refractivity contribution in [3.8, 4) is 11.3 Å². The van der Waals surface area contributed by atoms with Crippen LogP contribution in [0.2, 0.25) is 0 Å². The lowest BCUT2D eigenvalue weighted by molar-refractivity contribution is -0.0926. The number of halogens is 3. The van der Waals surface area contributed by atoms with Crippen LogP contribution < -0.4 is 21.5 Å². The lowest BCUT2D eigenvalue weighted by atomic mass is 10.1. The van der Waals surface area contributed by atoms with E-state index in [4.69, 9.17) is 11.5 Å². The van der Waals surface area contributed by atoms with Crippen molar-refractivity contribution in [1.29, 1.82) is 0 Å². The molecule has 0 radical (unpaired) electrons. The Labute approximate surface area is 159 Å². The van der Waals surface area contributed by atoms with E-state index in [-0.39, 0.29) is 10.7 Å². The lowest BCUT2D eigenvalue weighted by Gasteiger charge is -2.13. The molecule has 152 valence electrons. The van der Waals surface area contributed by atoms with Crippen LogP contribution in [0.4, 0.5) is 18.9 Å². The first-order chi connectivity index (χ1) is 12.9. The number of aryl methyl sites for hydroxylation is 1. The van der Waals surface area contributed by atoms with Gasteiger partial charge in [-0.25, -0.2) is 18.1 Å². The predicted octanol–water partition coefficient (Wildman–Crippen LogP) is 1.61. The van der Waals surface area contributed by atoms with E-state index in [9.17, 15) is 21.6 Å². The van der Waals surface area contributed by atoms with Crippen LogP contribution in [-0.4, -0.2) is 31.2 Å². The van der Waals surface area contributed by atoms with E-state index in [1.807, 2.05) is 0 Å². The number of hydrogen-bond donors (Lipinski definition) is 4. The number of hydrogen-bond acceptors (Lipinski definition) is 6. The molecule has 2 aromatic rings. The molecule has 1 aromatic heterocycles. The molecular weight excluding hydrogens is 397 g/mol. The van der Waals surface area contributed by atoms with Crippen LogP contribution in [-0.2, 0) is 17.1 Å². The predicted molar refractivity (Wildman–Crippen MR) is 99.1 cm³/mol. The van der Waals surface area contributed by atoms with E-state index in [0.717, 1.165) is 6.08 Å². The van der Waals surface area contributed by atoms with Crippen molar-refractivity contribution >= 4 is 15.7 Å². The zero-order chi connectivity index (χ0) is 21.1. The molecule has 0 aliphatic rings. The fourth-order valence-electron chi connectivity index (χ4n) is 2.15. The molecule has 0 saturated carbocycles. The second kappa shape index (κ2) is 7.94. The third kappa shape index (κ3) is 5.04. The Morgan fingerprint density at radius 2 is 1.93 bits per heavy atom. The molecule has 1 aromatic carbocycles. The van der Waals surface area contributed by atoms with E-state index in [0.29, 0.717) is 23.0 Å². The average molecular weight is 416 g/mol. The second-order valence-electron chi connectivity index (χ2n) is 5.71. The lowest BCUT2D eigenvalue weighted by Crippen LogP contribution is -2.19. The number of benzene rings is 1. The summed E-state index contributed by atoms with van der Waals surface area (Å²) in [6, 6.07) is 4.14. The van der Waals surface area contributed by atoms with Crippen LogP contribution >= 0.6 is 0 Å². The number of nitrogens with two attached hydrogens (primary N) is 2. The van der Waals surface area contributed by atoms with Crippen LogP contribution in [0.5, 0.6) is 0 Å². The zero-order valence-electron chi connectivity index (χ0n) is 14.9. The van der Waals surface area contributed by atoms with E-state index in [1.165, 1.54) is 31.6 Å². The first-order valence-electron chi connectivity index (χ1n) is 7.77. The molecule has 28 heavy (non-hydrogen) atoms. The number of imidazole rings is 1. The summed E-state index contributed by atoms with van der Waals surface area (Å²) in [7, 11) is -0.703.